The zero-order valence-electron chi connectivity index (χ0n) is 21.8. The molecule has 0 spiro atoms. The number of aliphatic imine (C=N–C) groups is 1. The zero-order valence-corrected chi connectivity index (χ0v) is 21.8. The summed E-state index contributed by atoms with van der Waals surface area (Å²) in [5.74, 6) is -1.69. The largest absolute Gasteiger partial charge is 0.494 e. The Bertz CT molecular complexity index is 1380. The number of nitrogens with one attached hydrogen (secondary N) is 1. The first-order chi connectivity index (χ1) is 18.3. The van der Waals surface area contributed by atoms with Crippen molar-refractivity contribution in [3.63, 3.8) is 0 Å². The quantitative estimate of drug-likeness (QED) is 0.519. The number of likely N-dealkylation sites (N-methyl/N-ethyl adjacent to an activating group) is 1. The summed E-state index contributed by atoms with van der Waals surface area (Å²) in [5.41, 5.74) is 3.16. The van der Waals surface area contributed by atoms with Crippen molar-refractivity contribution in [2.45, 2.75) is 19.0 Å². The highest BCUT2D eigenvalue weighted by atomic mass is 19.1. The molecule has 1 fully saturated rings. The molecule has 0 radical (unpaired) electrons. The third kappa shape index (κ3) is 4.69. The molecule has 38 heavy (non-hydrogen) atoms. The Balaban J connectivity index is 1.31. The third-order valence-corrected chi connectivity index (χ3v) is 7.25. The highest BCUT2D eigenvalue weighted by molar-refractivity contribution is 6.14. The van der Waals surface area contributed by atoms with Crippen LogP contribution in [-0.2, 0) is 6.54 Å². The lowest BCUT2D eigenvalue weighted by atomic mass is 9.98. The molecule has 1 atom stereocenters. The summed E-state index contributed by atoms with van der Waals surface area (Å²) in [6.45, 7) is 2.23. The summed E-state index contributed by atoms with van der Waals surface area (Å²) in [7, 11) is 6.81. The zero-order chi connectivity index (χ0) is 27.0. The van der Waals surface area contributed by atoms with Gasteiger partial charge >= 0.3 is 0 Å². The number of methoxy groups -OCH3 is 2. The van der Waals surface area contributed by atoms with Crippen molar-refractivity contribution in [2.75, 3.05) is 46.3 Å². The first kappa shape index (κ1) is 25.7. The van der Waals surface area contributed by atoms with Crippen molar-refractivity contribution >= 4 is 17.4 Å². The fourth-order valence-electron chi connectivity index (χ4n) is 5.01. The summed E-state index contributed by atoms with van der Waals surface area (Å²) < 4.78 is 40.1. The van der Waals surface area contributed by atoms with Crippen LogP contribution in [-0.4, -0.2) is 64.1 Å². The van der Waals surface area contributed by atoms with Crippen LogP contribution >= 0.6 is 0 Å². The number of hydrogen-bond acceptors (Lipinski definition) is 6. The highest BCUT2D eigenvalue weighted by Gasteiger charge is 2.26. The minimum absolute atomic E-state index is 0.115. The maximum absolute atomic E-state index is 15.0. The number of anilines is 1. The maximum Gasteiger partial charge on any atom is 0.256 e. The van der Waals surface area contributed by atoms with Gasteiger partial charge in [-0.1, -0.05) is 12.1 Å². The number of benzene rings is 3. The van der Waals surface area contributed by atoms with Gasteiger partial charge in [0.25, 0.3) is 5.91 Å². The van der Waals surface area contributed by atoms with Crippen LogP contribution in [0.1, 0.15) is 27.9 Å². The van der Waals surface area contributed by atoms with E-state index in [1.165, 1.54) is 20.3 Å². The lowest BCUT2D eigenvalue weighted by Crippen LogP contribution is -2.31. The summed E-state index contributed by atoms with van der Waals surface area (Å²) in [6.07, 6.45) is 1.11. The molecule has 1 amide bonds. The number of hydrogen-bond donors (Lipinski definition) is 1. The molecule has 0 saturated carbocycles. The molecule has 2 heterocycles. The number of ether oxygens (including phenoxy) is 2. The number of carbonyl (C=O) groups excluding carboxylic acids is 1. The molecule has 7 nitrogen and oxygen atoms in total. The smallest absolute Gasteiger partial charge is 0.256 e. The SMILES string of the molecule is COc1cc(OC)c(F)c(-c2ccc3c(c2)CN=C3NC(=O)c2ccc(N3CCC(N(C)C)C3)cc2)c1F. The molecule has 1 unspecified atom stereocenters. The summed E-state index contributed by atoms with van der Waals surface area (Å²) in [4.78, 5) is 22.0. The van der Waals surface area contributed by atoms with Crippen molar-refractivity contribution in [2.24, 2.45) is 4.99 Å². The van der Waals surface area contributed by atoms with Crippen LogP contribution in [0.25, 0.3) is 11.1 Å². The average molecular weight is 521 g/mol. The van der Waals surface area contributed by atoms with Crippen LogP contribution in [0.5, 0.6) is 11.5 Å². The Morgan fingerprint density at radius 1 is 1.03 bits per heavy atom. The van der Waals surface area contributed by atoms with E-state index < -0.39 is 11.6 Å². The van der Waals surface area contributed by atoms with Crippen LogP contribution in [0.15, 0.2) is 53.5 Å². The van der Waals surface area contributed by atoms with E-state index in [0.29, 0.717) is 28.6 Å². The van der Waals surface area contributed by atoms with Gasteiger partial charge < -0.3 is 24.6 Å². The summed E-state index contributed by atoms with van der Waals surface area (Å²) >= 11 is 0. The Labute approximate surface area is 220 Å². The average Bonchev–Trinajstić information content (AvgIpc) is 3.57. The molecule has 2 aliphatic rings. The molecule has 198 valence electrons. The van der Waals surface area contributed by atoms with E-state index >= 15 is 0 Å². The van der Waals surface area contributed by atoms with Gasteiger partial charge in [-0.05, 0) is 62.0 Å². The van der Waals surface area contributed by atoms with E-state index in [1.807, 2.05) is 24.3 Å². The van der Waals surface area contributed by atoms with Crippen LogP contribution in [0.2, 0.25) is 0 Å². The molecule has 0 aliphatic carbocycles. The van der Waals surface area contributed by atoms with Gasteiger partial charge in [-0.25, -0.2) is 8.78 Å². The van der Waals surface area contributed by atoms with E-state index in [2.05, 4.69) is 34.2 Å². The highest BCUT2D eigenvalue weighted by Crippen LogP contribution is 2.38. The van der Waals surface area contributed by atoms with Crippen molar-refractivity contribution in [3.8, 4) is 22.6 Å². The first-order valence-corrected chi connectivity index (χ1v) is 12.4. The summed E-state index contributed by atoms with van der Waals surface area (Å²) in [5, 5.41) is 2.88. The molecule has 5 rings (SSSR count). The predicted octanol–water partition coefficient (Wildman–Crippen LogP) is 4.48. The minimum atomic E-state index is -0.812. The van der Waals surface area contributed by atoms with Gasteiger partial charge in [-0.3, -0.25) is 9.79 Å². The number of amidine groups is 1. The van der Waals surface area contributed by atoms with E-state index in [-0.39, 0.29) is 29.5 Å². The second-order valence-corrected chi connectivity index (χ2v) is 9.67. The van der Waals surface area contributed by atoms with Crippen LogP contribution < -0.4 is 19.7 Å². The molecule has 3 aromatic carbocycles. The number of rotatable bonds is 6. The standard InChI is InChI=1S/C29H30F2N4O3/c1-34(2)21-11-12-35(16-21)20-8-5-17(6-9-20)29(36)33-28-22-10-7-18(13-19(22)15-32-28)25-26(30)23(37-3)14-24(38-4)27(25)31/h5-10,13-14,21H,11-12,15-16H2,1-4H3,(H,32,33,36). The van der Waals surface area contributed by atoms with Crippen molar-refractivity contribution in [1.29, 1.82) is 0 Å². The van der Waals surface area contributed by atoms with Gasteiger partial charge in [-0.2, -0.15) is 0 Å². The molecule has 0 bridgehead atoms. The number of amides is 1. The number of carbonyl (C=O) groups is 1. The van der Waals surface area contributed by atoms with Crippen molar-refractivity contribution in [3.05, 3.63) is 76.9 Å². The Morgan fingerprint density at radius 3 is 2.32 bits per heavy atom. The number of fused-ring (bicyclic) bond motifs is 1. The number of halogens is 2. The van der Waals surface area contributed by atoms with Crippen molar-refractivity contribution < 1.29 is 23.0 Å². The molecule has 0 aromatic heterocycles. The van der Waals surface area contributed by atoms with Crippen LogP contribution in [0.3, 0.4) is 0 Å². The van der Waals surface area contributed by atoms with Gasteiger partial charge in [0, 0.05) is 42.0 Å². The number of nitrogens with zero attached hydrogens (tertiary/aromatic N) is 3. The first-order valence-electron chi connectivity index (χ1n) is 12.4. The summed E-state index contributed by atoms with van der Waals surface area (Å²) in [6, 6.07) is 14.2. The lowest BCUT2D eigenvalue weighted by molar-refractivity contribution is 0.0977. The van der Waals surface area contributed by atoms with E-state index in [1.54, 1.807) is 18.2 Å². The van der Waals surface area contributed by atoms with Crippen molar-refractivity contribution in [1.82, 2.24) is 10.2 Å². The topological polar surface area (TPSA) is 66.4 Å². The molecule has 9 heteroatoms. The monoisotopic (exact) mass is 520 g/mol. The van der Waals surface area contributed by atoms with E-state index in [9.17, 15) is 13.6 Å². The third-order valence-electron chi connectivity index (χ3n) is 7.25. The van der Waals surface area contributed by atoms with Gasteiger partial charge in [-0.15, -0.1) is 0 Å². The molecule has 2 aliphatic heterocycles. The normalized spacial score (nSPS) is 16.4. The fraction of sp³-hybridized carbons (Fsp3) is 0.310. The molecular formula is C29H30F2N4O3. The van der Waals surface area contributed by atoms with Gasteiger partial charge in [0.05, 0.1) is 26.3 Å². The maximum atomic E-state index is 15.0. The molecule has 1 N–H and O–H groups in total. The second-order valence-electron chi connectivity index (χ2n) is 9.67. The molecule has 1 saturated heterocycles. The second kappa shape index (κ2) is 10.4. The Hall–Kier alpha value is -3.98. The van der Waals surface area contributed by atoms with Crippen LogP contribution in [0.4, 0.5) is 14.5 Å². The van der Waals surface area contributed by atoms with E-state index in [0.717, 1.165) is 30.8 Å². The fourth-order valence-corrected chi connectivity index (χ4v) is 5.01. The Morgan fingerprint density at radius 2 is 1.71 bits per heavy atom. The molecular weight excluding hydrogens is 490 g/mol. The molecule has 3 aromatic rings. The predicted molar refractivity (Wildman–Crippen MR) is 143 cm³/mol. The van der Waals surface area contributed by atoms with Gasteiger partial charge in [0.1, 0.15) is 5.84 Å². The van der Waals surface area contributed by atoms with Gasteiger partial charge in [0.15, 0.2) is 23.1 Å². The lowest BCUT2D eigenvalue weighted by Gasteiger charge is -2.22. The van der Waals surface area contributed by atoms with E-state index in [4.69, 9.17) is 9.47 Å². The van der Waals surface area contributed by atoms with Gasteiger partial charge in [0.2, 0.25) is 0 Å². The van der Waals surface area contributed by atoms with Crippen LogP contribution in [0, 0.1) is 11.6 Å². The Kier molecular flexibility index (Phi) is 7.03. The minimum Gasteiger partial charge on any atom is -0.494 e.